The molecule has 212 valence electrons. The summed E-state index contributed by atoms with van der Waals surface area (Å²) in [5.41, 5.74) is 2.35. The number of aromatic amines is 1. The molecule has 0 bridgehead atoms. The monoisotopic (exact) mass is 567 g/mol. The molecule has 1 amide bonds. The maximum absolute atomic E-state index is 14.7. The van der Waals surface area contributed by atoms with Gasteiger partial charge >= 0.3 is 6.18 Å². The van der Waals surface area contributed by atoms with E-state index in [1.54, 1.807) is 42.6 Å². The second-order valence-electron chi connectivity index (χ2n) is 10.00. The minimum atomic E-state index is -4.54. The average Bonchev–Trinajstić information content (AvgIpc) is 3.67. The van der Waals surface area contributed by atoms with Crippen LogP contribution in [0.25, 0.3) is 33.3 Å². The first-order valence-electron chi connectivity index (χ1n) is 12.9. The summed E-state index contributed by atoms with van der Waals surface area (Å²) in [6.07, 6.45) is -3.61. The first-order chi connectivity index (χ1) is 19.6. The number of likely N-dealkylation sites (tertiary alicyclic amines) is 1. The Labute approximate surface area is 230 Å². The zero-order valence-electron chi connectivity index (χ0n) is 21.9. The van der Waals surface area contributed by atoms with Crippen molar-refractivity contribution in [1.29, 1.82) is 0 Å². The molecule has 6 rings (SSSR count). The molecule has 4 heterocycles. The lowest BCUT2D eigenvalue weighted by Crippen LogP contribution is -2.39. The highest BCUT2D eigenvalue weighted by atomic mass is 19.4. The van der Waals surface area contributed by atoms with Gasteiger partial charge in [-0.3, -0.25) is 9.79 Å². The summed E-state index contributed by atoms with van der Waals surface area (Å²) in [7, 11) is 1.82. The number of aliphatic imine (C=N–C) groups is 1. The molecule has 1 aliphatic heterocycles. The van der Waals surface area contributed by atoms with Crippen LogP contribution < -0.4 is 5.32 Å². The van der Waals surface area contributed by atoms with Crippen molar-refractivity contribution in [2.24, 2.45) is 4.99 Å². The second-order valence-corrected chi connectivity index (χ2v) is 10.00. The number of nitrogens with zero attached hydrogens (tertiary/aromatic N) is 5. The number of aromatic nitrogens is 4. The van der Waals surface area contributed by atoms with E-state index in [0.717, 1.165) is 15.5 Å². The predicted molar refractivity (Wildman–Crippen MR) is 145 cm³/mol. The molecule has 0 unspecified atom stereocenters. The van der Waals surface area contributed by atoms with Gasteiger partial charge in [0.15, 0.2) is 6.17 Å². The van der Waals surface area contributed by atoms with Crippen molar-refractivity contribution in [2.45, 2.75) is 31.9 Å². The molecule has 0 spiro atoms. The molecular weight excluding hydrogens is 542 g/mol. The van der Waals surface area contributed by atoms with Crippen LogP contribution in [-0.4, -0.2) is 68.7 Å². The summed E-state index contributed by atoms with van der Waals surface area (Å²) >= 11 is 0. The largest absolute Gasteiger partial charge is 0.406 e. The van der Waals surface area contributed by atoms with Crippen LogP contribution in [0.4, 0.5) is 23.2 Å². The van der Waals surface area contributed by atoms with Crippen molar-refractivity contribution in [1.82, 2.24) is 29.9 Å². The van der Waals surface area contributed by atoms with Gasteiger partial charge in [-0.25, -0.2) is 4.39 Å². The van der Waals surface area contributed by atoms with Crippen LogP contribution in [0.1, 0.15) is 22.7 Å². The number of hydrogen-bond donors (Lipinski definition) is 2. The SMILES string of the molecule is CN1CC/C(=N\c2cccc3c2cc(-c2noc(CNC(=O)c4ccc5[nH]ccc5c4)n2)n3CC(F)(F)F)[C@@H](F)C1. The Morgan fingerprint density at radius 3 is 2.88 bits per heavy atom. The first kappa shape index (κ1) is 26.7. The molecule has 1 aliphatic rings. The summed E-state index contributed by atoms with van der Waals surface area (Å²) in [6, 6.07) is 13.3. The van der Waals surface area contributed by atoms with E-state index in [1.165, 1.54) is 6.07 Å². The van der Waals surface area contributed by atoms with Gasteiger partial charge in [0.25, 0.3) is 5.91 Å². The summed E-state index contributed by atoms with van der Waals surface area (Å²) in [4.78, 5) is 26.3. The Kier molecular flexibility index (Phi) is 6.81. The number of alkyl halides is 4. The number of amides is 1. The fourth-order valence-electron chi connectivity index (χ4n) is 5.00. The van der Waals surface area contributed by atoms with Crippen LogP contribution in [0.15, 0.2) is 64.2 Å². The number of hydrogen-bond acceptors (Lipinski definition) is 6. The molecular formula is C28H25F4N7O2. The normalized spacial score (nSPS) is 17.6. The third kappa shape index (κ3) is 5.57. The number of H-pyrrole nitrogens is 1. The van der Waals surface area contributed by atoms with E-state index in [9.17, 15) is 22.4 Å². The molecule has 2 aromatic carbocycles. The topological polar surface area (TPSA) is 104 Å². The third-order valence-corrected chi connectivity index (χ3v) is 7.02. The number of fused-ring (bicyclic) bond motifs is 2. The van der Waals surface area contributed by atoms with Gasteiger partial charge in [0, 0.05) is 47.6 Å². The van der Waals surface area contributed by atoms with E-state index in [4.69, 9.17) is 4.52 Å². The number of carbonyl (C=O) groups is 1. The van der Waals surface area contributed by atoms with Crippen LogP contribution in [0.3, 0.4) is 0 Å². The lowest BCUT2D eigenvalue weighted by Gasteiger charge is -2.26. The van der Waals surface area contributed by atoms with Gasteiger partial charge in [0.1, 0.15) is 6.54 Å². The molecule has 0 aliphatic carbocycles. The van der Waals surface area contributed by atoms with Crippen molar-refractivity contribution in [2.75, 3.05) is 20.1 Å². The lowest BCUT2D eigenvalue weighted by atomic mass is 10.1. The fourth-order valence-corrected chi connectivity index (χ4v) is 5.00. The Morgan fingerprint density at radius 1 is 1.22 bits per heavy atom. The zero-order chi connectivity index (χ0) is 28.7. The molecule has 9 nitrogen and oxygen atoms in total. The van der Waals surface area contributed by atoms with E-state index in [-0.39, 0.29) is 41.9 Å². The standard InChI is InChI=1S/C28H25F4N7O2/c1-38-10-8-22(19(29)14-38)35-21-3-2-4-23-18(21)12-24(39(23)15-28(30,31)32)26-36-25(41-37-26)13-34-27(40)17-5-6-20-16(11-17)7-9-33-20/h2-7,9,11-12,19,33H,8,10,13-15H2,1H3,(H,34,40)/b35-22+/t19-/m0/s1. The number of rotatable bonds is 6. The molecule has 13 heteroatoms. The summed E-state index contributed by atoms with van der Waals surface area (Å²) in [5, 5.41) is 7.86. The van der Waals surface area contributed by atoms with Crippen molar-refractivity contribution in [3.8, 4) is 11.5 Å². The van der Waals surface area contributed by atoms with Gasteiger partial charge in [0.2, 0.25) is 11.7 Å². The van der Waals surface area contributed by atoms with Crippen LogP contribution in [-0.2, 0) is 13.1 Å². The van der Waals surface area contributed by atoms with E-state index >= 15 is 0 Å². The predicted octanol–water partition coefficient (Wildman–Crippen LogP) is 5.41. The highest BCUT2D eigenvalue weighted by Crippen LogP contribution is 2.35. The van der Waals surface area contributed by atoms with Crippen LogP contribution in [0, 0.1) is 0 Å². The molecule has 1 atom stereocenters. The van der Waals surface area contributed by atoms with Gasteiger partial charge in [-0.2, -0.15) is 18.2 Å². The van der Waals surface area contributed by atoms with Gasteiger partial charge in [-0.15, -0.1) is 0 Å². The quantitative estimate of drug-likeness (QED) is 0.267. The van der Waals surface area contributed by atoms with Crippen LogP contribution in [0.5, 0.6) is 0 Å². The molecule has 0 saturated carbocycles. The minimum absolute atomic E-state index is 0.0203. The molecule has 1 saturated heterocycles. The highest BCUT2D eigenvalue weighted by Gasteiger charge is 2.31. The van der Waals surface area contributed by atoms with Crippen molar-refractivity contribution < 1.29 is 26.9 Å². The number of halogens is 4. The highest BCUT2D eigenvalue weighted by molar-refractivity contribution is 6.00. The summed E-state index contributed by atoms with van der Waals surface area (Å²) < 4.78 is 61.9. The average molecular weight is 568 g/mol. The minimum Gasteiger partial charge on any atom is -0.361 e. The van der Waals surface area contributed by atoms with E-state index in [2.05, 4.69) is 25.4 Å². The Morgan fingerprint density at radius 2 is 2.07 bits per heavy atom. The van der Waals surface area contributed by atoms with Gasteiger partial charge in [-0.05, 0) is 49.5 Å². The fraction of sp³-hybridized carbons (Fsp3) is 0.286. The zero-order valence-corrected chi connectivity index (χ0v) is 21.9. The molecule has 5 aromatic rings. The smallest absolute Gasteiger partial charge is 0.361 e. The van der Waals surface area contributed by atoms with Gasteiger partial charge < -0.3 is 24.3 Å². The van der Waals surface area contributed by atoms with E-state index in [0.29, 0.717) is 35.3 Å². The molecule has 1 fully saturated rings. The number of nitrogens with one attached hydrogen (secondary N) is 2. The van der Waals surface area contributed by atoms with Crippen molar-refractivity contribution in [3.05, 3.63) is 66.2 Å². The number of piperidine rings is 1. The van der Waals surface area contributed by atoms with Crippen LogP contribution in [0.2, 0.25) is 0 Å². The Bertz CT molecular complexity index is 1770. The molecule has 41 heavy (non-hydrogen) atoms. The lowest BCUT2D eigenvalue weighted by molar-refractivity contribution is -0.139. The maximum Gasteiger partial charge on any atom is 0.406 e. The third-order valence-electron chi connectivity index (χ3n) is 7.02. The Hall–Kier alpha value is -4.52. The molecule has 3 aromatic heterocycles. The summed E-state index contributed by atoms with van der Waals surface area (Å²) in [5.74, 6) is -0.431. The Balaban J connectivity index is 1.29. The van der Waals surface area contributed by atoms with E-state index < -0.39 is 18.9 Å². The van der Waals surface area contributed by atoms with Crippen molar-refractivity contribution in [3.63, 3.8) is 0 Å². The molecule has 2 N–H and O–H groups in total. The summed E-state index contributed by atoms with van der Waals surface area (Å²) in [6.45, 7) is -0.580. The van der Waals surface area contributed by atoms with Crippen molar-refractivity contribution >= 4 is 39.1 Å². The van der Waals surface area contributed by atoms with Gasteiger partial charge in [-0.1, -0.05) is 11.2 Å². The molecule has 0 radical (unpaired) electrons. The maximum atomic E-state index is 14.7. The van der Waals surface area contributed by atoms with Crippen LogP contribution >= 0.6 is 0 Å². The second kappa shape index (κ2) is 10.5. The first-order valence-corrected chi connectivity index (χ1v) is 12.9. The number of benzene rings is 2. The number of carbonyl (C=O) groups excluding carboxylic acids is 1. The van der Waals surface area contributed by atoms with Gasteiger partial charge in [0.05, 0.1) is 29.2 Å². The van der Waals surface area contributed by atoms with E-state index in [1.807, 2.05) is 18.0 Å².